The molecule has 0 heterocycles. The molecule has 1 saturated carbocycles. The summed E-state index contributed by atoms with van der Waals surface area (Å²) in [6.07, 6.45) is -3.37. The van der Waals surface area contributed by atoms with Gasteiger partial charge in [0.2, 0.25) is 0 Å². The van der Waals surface area contributed by atoms with Crippen LogP contribution < -0.4 is 5.32 Å². The molecule has 0 saturated heterocycles. The molecule has 3 nitrogen and oxygen atoms in total. The maximum absolute atomic E-state index is 13.2. The Morgan fingerprint density at radius 3 is 2.37 bits per heavy atom. The average molecular weight is 464 g/mol. The highest BCUT2D eigenvalue weighted by molar-refractivity contribution is 7.92. The summed E-state index contributed by atoms with van der Waals surface area (Å²) in [7, 11) is -3.96. The van der Waals surface area contributed by atoms with Crippen molar-refractivity contribution in [3.63, 3.8) is 0 Å². The van der Waals surface area contributed by atoms with E-state index < -0.39 is 32.1 Å². The van der Waals surface area contributed by atoms with Crippen molar-refractivity contribution in [3.8, 4) is 0 Å². The average Bonchev–Trinajstić information content (AvgIpc) is 2.62. The molecule has 0 radical (unpaired) electrons. The molecule has 0 amide bonds. The standard InChI is InChI=1S/C21H22ClF4NO2S/c1-20(2,30(28,29)17-5-3-4-14(10-17)21(24,25)26)15-8-13(9-15)12-27-16-6-7-19(23)18(22)11-16/h3-7,10-11,13,15,27H,8-9,12H2,1-2H3. The topological polar surface area (TPSA) is 46.2 Å². The van der Waals surface area contributed by atoms with Crippen LogP contribution in [0.5, 0.6) is 0 Å². The van der Waals surface area contributed by atoms with Crippen molar-refractivity contribution in [1.29, 1.82) is 0 Å². The molecule has 0 atom stereocenters. The van der Waals surface area contributed by atoms with E-state index in [0.717, 1.165) is 12.1 Å². The lowest BCUT2D eigenvalue weighted by Gasteiger charge is -2.45. The fraction of sp³-hybridized carbons (Fsp3) is 0.429. The summed E-state index contributed by atoms with van der Waals surface area (Å²) < 4.78 is 77.1. The number of alkyl halides is 3. The van der Waals surface area contributed by atoms with Crippen molar-refractivity contribution in [2.24, 2.45) is 11.8 Å². The van der Waals surface area contributed by atoms with E-state index in [1.54, 1.807) is 19.9 Å². The molecule has 2 aromatic rings. The Hall–Kier alpha value is -1.80. The van der Waals surface area contributed by atoms with Crippen LogP contribution in [0.2, 0.25) is 5.02 Å². The molecular formula is C21H22ClF4NO2S. The van der Waals surface area contributed by atoms with Crippen molar-refractivity contribution in [2.75, 3.05) is 11.9 Å². The maximum Gasteiger partial charge on any atom is 0.416 e. The zero-order valence-electron chi connectivity index (χ0n) is 16.4. The second-order valence-corrected chi connectivity index (χ2v) is 11.1. The van der Waals surface area contributed by atoms with E-state index in [9.17, 15) is 26.0 Å². The molecule has 30 heavy (non-hydrogen) atoms. The van der Waals surface area contributed by atoms with E-state index in [1.165, 1.54) is 18.2 Å². The molecule has 0 aromatic heterocycles. The molecule has 3 rings (SSSR count). The van der Waals surface area contributed by atoms with Gasteiger partial charge in [0.1, 0.15) is 5.82 Å². The number of hydrogen-bond donors (Lipinski definition) is 1. The van der Waals surface area contributed by atoms with Gasteiger partial charge in [-0.25, -0.2) is 12.8 Å². The van der Waals surface area contributed by atoms with E-state index in [2.05, 4.69) is 5.32 Å². The first-order valence-electron chi connectivity index (χ1n) is 9.43. The summed E-state index contributed by atoms with van der Waals surface area (Å²) in [6.45, 7) is 3.70. The fourth-order valence-electron chi connectivity index (χ4n) is 3.70. The number of sulfone groups is 1. The number of anilines is 1. The highest BCUT2D eigenvalue weighted by Gasteiger charge is 2.48. The molecule has 0 unspecified atom stereocenters. The van der Waals surface area contributed by atoms with Crippen molar-refractivity contribution < 1.29 is 26.0 Å². The molecule has 1 fully saturated rings. The zero-order valence-corrected chi connectivity index (χ0v) is 18.0. The molecule has 1 N–H and O–H groups in total. The van der Waals surface area contributed by atoms with Crippen LogP contribution in [0.4, 0.5) is 23.2 Å². The van der Waals surface area contributed by atoms with E-state index >= 15 is 0 Å². The molecular weight excluding hydrogens is 442 g/mol. The van der Waals surface area contributed by atoms with Crippen LogP contribution in [-0.4, -0.2) is 19.7 Å². The quantitative estimate of drug-likeness (QED) is 0.520. The van der Waals surface area contributed by atoms with Gasteiger partial charge in [0.25, 0.3) is 0 Å². The molecule has 0 bridgehead atoms. The normalized spacial score (nSPS) is 20.0. The number of nitrogens with one attached hydrogen (secondary N) is 1. The minimum Gasteiger partial charge on any atom is -0.385 e. The van der Waals surface area contributed by atoms with Crippen LogP contribution in [0, 0.1) is 17.7 Å². The minimum absolute atomic E-state index is 0.0137. The van der Waals surface area contributed by atoms with Gasteiger partial charge in [-0.05, 0) is 74.9 Å². The summed E-state index contributed by atoms with van der Waals surface area (Å²) in [4.78, 5) is -0.315. The summed E-state index contributed by atoms with van der Waals surface area (Å²) >= 11 is 5.76. The summed E-state index contributed by atoms with van der Waals surface area (Å²) in [5.74, 6) is -0.483. The molecule has 1 aliphatic carbocycles. The van der Waals surface area contributed by atoms with Gasteiger partial charge >= 0.3 is 6.18 Å². The first kappa shape index (κ1) is 22.9. The van der Waals surface area contributed by atoms with E-state index in [0.29, 0.717) is 31.1 Å². The third kappa shape index (κ3) is 4.44. The highest BCUT2D eigenvalue weighted by atomic mass is 35.5. The van der Waals surface area contributed by atoms with Crippen LogP contribution in [0.1, 0.15) is 32.3 Å². The van der Waals surface area contributed by atoms with E-state index in [4.69, 9.17) is 11.6 Å². The van der Waals surface area contributed by atoms with Crippen LogP contribution in [0.25, 0.3) is 0 Å². The first-order chi connectivity index (χ1) is 13.8. The number of hydrogen-bond acceptors (Lipinski definition) is 3. The predicted octanol–water partition coefficient (Wildman–Crippen LogP) is 6.19. The number of benzene rings is 2. The van der Waals surface area contributed by atoms with Crippen molar-refractivity contribution in [1.82, 2.24) is 0 Å². The lowest BCUT2D eigenvalue weighted by atomic mass is 9.69. The summed E-state index contributed by atoms with van der Waals surface area (Å²) in [5.41, 5.74) is -0.311. The van der Waals surface area contributed by atoms with Gasteiger partial charge in [0.15, 0.2) is 9.84 Å². The molecule has 164 valence electrons. The van der Waals surface area contributed by atoms with Crippen molar-refractivity contribution >= 4 is 27.1 Å². The molecule has 2 aromatic carbocycles. The SMILES string of the molecule is CC(C)(C1CC(CNc2ccc(F)c(Cl)c2)C1)S(=O)(=O)c1cccc(C(F)(F)F)c1. The monoisotopic (exact) mass is 463 g/mol. The van der Waals surface area contributed by atoms with Gasteiger partial charge in [-0.2, -0.15) is 13.2 Å². The Balaban J connectivity index is 1.66. The maximum atomic E-state index is 13.2. The van der Waals surface area contributed by atoms with E-state index in [-0.39, 0.29) is 21.8 Å². The Bertz CT molecular complexity index is 1030. The Morgan fingerprint density at radius 1 is 1.10 bits per heavy atom. The molecule has 0 spiro atoms. The summed E-state index contributed by atoms with van der Waals surface area (Å²) in [5, 5.41) is 3.17. The Labute approximate surface area is 178 Å². The van der Waals surface area contributed by atoms with Crippen molar-refractivity contribution in [2.45, 2.75) is 42.5 Å². The minimum atomic E-state index is -4.61. The predicted molar refractivity (Wildman–Crippen MR) is 109 cm³/mol. The second-order valence-electron chi connectivity index (χ2n) is 8.18. The van der Waals surface area contributed by atoms with Gasteiger partial charge in [-0.1, -0.05) is 17.7 Å². The Kier molecular flexibility index (Phi) is 6.13. The molecule has 9 heteroatoms. The largest absolute Gasteiger partial charge is 0.416 e. The zero-order chi connectivity index (χ0) is 22.3. The van der Waals surface area contributed by atoms with Gasteiger partial charge in [0.05, 0.1) is 20.2 Å². The van der Waals surface area contributed by atoms with Crippen LogP contribution in [-0.2, 0) is 16.0 Å². The molecule has 1 aliphatic rings. The first-order valence-corrected chi connectivity index (χ1v) is 11.3. The van der Waals surface area contributed by atoms with Gasteiger partial charge < -0.3 is 5.32 Å². The van der Waals surface area contributed by atoms with Crippen LogP contribution in [0.3, 0.4) is 0 Å². The smallest absolute Gasteiger partial charge is 0.385 e. The van der Waals surface area contributed by atoms with E-state index in [1.807, 2.05) is 0 Å². The number of rotatable bonds is 6. The highest BCUT2D eigenvalue weighted by Crippen LogP contribution is 2.46. The van der Waals surface area contributed by atoms with Gasteiger partial charge in [0, 0.05) is 12.2 Å². The van der Waals surface area contributed by atoms with Gasteiger partial charge in [-0.15, -0.1) is 0 Å². The second kappa shape index (κ2) is 8.04. The van der Waals surface area contributed by atoms with Gasteiger partial charge in [-0.3, -0.25) is 0 Å². The van der Waals surface area contributed by atoms with Crippen LogP contribution in [0.15, 0.2) is 47.4 Å². The van der Waals surface area contributed by atoms with Crippen LogP contribution >= 0.6 is 11.6 Å². The fourth-order valence-corrected chi connectivity index (χ4v) is 5.66. The Morgan fingerprint density at radius 2 is 1.77 bits per heavy atom. The summed E-state index contributed by atoms with van der Waals surface area (Å²) in [6, 6.07) is 8.20. The molecule has 0 aliphatic heterocycles. The lowest BCUT2D eigenvalue weighted by Crippen LogP contribution is -2.47. The third-order valence-corrected chi connectivity index (χ3v) is 8.78. The lowest BCUT2D eigenvalue weighted by molar-refractivity contribution is -0.137. The number of halogens is 5. The third-order valence-electron chi connectivity index (χ3n) is 5.90. The van der Waals surface area contributed by atoms with Crippen molar-refractivity contribution in [3.05, 3.63) is 58.9 Å².